The smallest absolute Gasteiger partial charge is 0.259 e. The van der Waals surface area contributed by atoms with E-state index in [2.05, 4.69) is 41.6 Å². The lowest BCUT2D eigenvalue weighted by atomic mass is 9.87. The van der Waals surface area contributed by atoms with Gasteiger partial charge in [-0.15, -0.1) is 0 Å². The molecule has 0 bridgehead atoms. The molecule has 2 aromatic carbocycles. The van der Waals surface area contributed by atoms with E-state index in [4.69, 9.17) is 0 Å². The number of aromatic amines is 1. The second kappa shape index (κ2) is 8.08. The van der Waals surface area contributed by atoms with Crippen molar-refractivity contribution in [3.8, 4) is 0 Å². The fraction of sp³-hybridized carbons (Fsp3) is 0.227. The number of amides is 2. The third kappa shape index (κ3) is 4.65. The quantitative estimate of drug-likeness (QED) is 0.471. The first-order valence-corrected chi connectivity index (χ1v) is 9.11. The van der Waals surface area contributed by atoms with Crippen LogP contribution in [0.4, 0.5) is 0 Å². The highest BCUT2D eigenvalue weighted by atomic mass is 16.2. The molecule has 0 aliphatic heterocycles. The number of hydrogen-bond donors (Lipinski definition) is 3. The van der Waals surface area contributed by atoms with Gasteiger partial charge >= 0.3 is 0 Å². The summed E-state index contributed by atoms with van der Waals surface area (Å²) >= 11 is 0. The first kappa shape index (κ1) is 19.4. The Balaban J connectivity index is 1.50. The summed E-state index contributed by atoms with van der Waals surface area (Å²) < 4.78 is 0. The van der Waals surface area contributed by atoms with Gasteiger partial charge in [0.2, 0.25) is 0 Å². The number of fused-ring (bicyclic) bond motifs is 1. The second-order valence-corrected chi connectivity index (χ2v) is 7.59. The van der Waals surface area contributed by atoms with Crippen molar-refractivity contribution in [2.24, 2.45) is 5.10 Å². The van der Waals surface area contributed by atoms with Gasteiger partial charge < -0.3 is 10.3 Å². The Morgan fingerprint density at radius 2 is 1.79 bits per heavy atom. The van der Waals surface area contributed by atoms with E-state index in [1.54, 1.807) is 18.3 Å². The molecule has 6 heteroatoms. The molecule has 0 aliphatic rings. The maximum absolute atomic E-state index is 12.2. The number of nitrogens with zero attached hydrogens (tertiary/aromatic N) is 1. The number of H-pyrrole nitrogens is 1. The SMILES string of the molecule is CC(C)(C)c1ccc(C(=O)NCC(=O)N/N=C\c2c[nH]c3ccccc23)cc1. The normalized spacial score (nSPS) is 11.7. The minimum absolute atomic E-state index is 0.0255. The van der Waals surface area contributed by atoms with Crippen LogP contribution in [0.1, 0.15) is 42.3 Å². The van der Waals surface area contributed by atoms with Crippen LogP contribution in [0.3, 0.4) is 0 Å². The summed E-state index contributed by atoms with van der Waals surface area (Å²) in [5.74, 6) is -0.688. The number of rotatable bonds is 5. The Bertz CT molecular complexity index is 1010. The van der Waals surface area contributed by atoms with Crippen molar-refractivity contribution >= 4 is 28.9 Å². The van der Waals surface area contributed by atoms with Crippen molar-refractivity contribution in [2.75, 3.05) is 6.54 Å². The van der Waals surface area contributed by atoms with Gasteiger partial charge in [-0.1, -0.05) is 51.1 Å². The summed E-state index contributed by atoms with van der Waals surface area (Å²) in [6, 6.07) is 15.2. The van der Waals surface area contributed by atoms with Gasteiger partial charge in [0.25, 0.3) is 11.8 Å². The minimum Gasteiger partial charge on any atom is -0.361 e. The average molecular weight is 376 g/mol. The van der Waals surface area contributed by atoms with Gasteiger partial charge in [-0.25, -0.2) is 5.43 Å². The zero-order valence-electron chi connectivity index (χ0n) is 16.2. The zero-order valence-corrected chi connectivity index (χ0v) is 16.2. The largest absolute Gasteiger partial charge is 0.361 e. The molecule has 0 aliphatic carbocycles. The number of carbonyl (C=O) groups is 2. The molecular formula is C22H24N4O2. The molecule has 0 saturated heterocycles. The Kier molecular flexibility index (Phi) is 5.59. The van der Waals surface area contributed by atoms with Crippen LogP contribution in [0.5, 0.6) is 0 Å². The van der Waals surface area contributed by atoms with Crippen molar-refractivity contribution in [1.82, 2.24) is 15.7 Å². The van der Waals surface area contributed by atoms with Crippen molar-refractivity contribution in [3.63, 3.8) is 0 Å². The molecule has 144 valence electrons. The highest BCUT2D eigenvalue weighted by Gasteiger charge is 2.14. The number of benzene rings is 2. The van der Waals surface area contributed by atoms with E-state index in [-0.39, 0.29) is 17.9 Å². The summed E-state index contributed by atoms with van der Waals surface area (Å²) in [6.07, 6.45) is 3.40. The Labute approximate surface area is 164 Å². The van der Waals surface area contributed by atoms with Crippen molar-refractivity contribution < 1.29 is 9.59 Å². The number of hydrazone groups is 1. The van der Waals surface area contributed by atoms with Crippen molar-refractivity contribution in [2.45, 2.75) is 26.2 Å². The van der Waals surface area contributed by atoms with Gasteiger partial charge in [0.1, 0.15) is 0 Å². The van der Waals surface area contributed by atoms with Crippen LogP contribution in [-0.2, 0) is 10.2 Å². The Hall–Kier alpha value is -3.41. The molecule has 0 radical (unpaired) electrons. The van der Waals surface area contributed by atoms with Gasteiger partial charge in [0, 0.05) is 28.2 Å². The number of nitrogens with one attached hydrogen (secondary N) is 3. The molecule has 2 amide bonds. The molecular weight excluding hydrogens is 352 g/mol. The molecule has 0 spiro atoms. The van der Waals surface area contributed by atoms with Crippen LogP contribution in [0, 0.1) is 0 Å². The van der Waals surface area contributed by atoms with Gasteiger partial charge in [0.05, 0.1) is 12.8 Å². The first-order chi connectivity index (χ1) is 13.3. The molecule has 1 aromatic heterocycles. The lowest BCUT2D eigenvalue weighted by Crippen LogP contribution is -2.34. The molecule has 0 fully saturated rings. The topological polar surface area (TPSA) is 86.3 Å². The van der Waals surface area contributed by atoms with Gasteiger partial charge in [-0.05, 0) is 29.2 Å². The van der Waals surface area contributed by atoms with E-state index in [1.165, 1.54) is 0 Å². The minimum atomic E-state index is -0.393. The third-order valence-electron chi connectivity index (χ3n) is 4.44. The first-order valence-electron chi connectivity index (χ1n) is 9.11. The van der Waals surface area contributed by atoms with Crippen LogP contribution in [0.2, 0.25) is 0 Å². The number of hydrogen-bond acceptors (Lipinski definition) is 3. The summed E-state index contributed by atoms with van der Waals surface area (Å²) in [6.45, 7) is 6.20. The third-order valence-corrected chi connectivity index (χ3v) is 4.44. The molecule has 0 unspecified atom stereocenters. The maximum Gasteiger partial charge on any atom is 0.259 e. The van der Waals surface area contributed by atoms with Gasteiger partial charge in [-0.2, -0.15) is 5.10 Å². The van der Waals surface area contributed by atoms with Crippen molar-refractivity contribution in [3.05, 3.63) is 71.4 Å². The molecule has 6 nitrogen and oxygen atoms in total. The van der Waals surface area contributed by atoms with Crippen LogP contribution >= 0.6 is 0 Å². The van der Waals surface area contributed by atoms with E-state index in [1.807, 2.05) is 42.6 Å². The van der Waals surface area contributed by atoms with Crippen LogP contribution in [0.15, 0.2) is 59.8 Å². The predicted octanol–water partition coefficient (Wildman–Crippen LogP) is 3.35. The highest BCUT2D eigenvalue weighted by Crippen LogP contribution is 2.22. The average Bonchev–Trinajstić information content (AvgIpc) is 3.09. The number of para-hydroxylation sites is 1. The summed E-state index contributed by atoms with van der Waals surface area (Å²) in [4.78, 5) is 27.2. The molecule has 0 atom stereocenters. The van der Waals surface area contributed by atoms with Crippen LogP contribution < -0.4 is 10.7 Å². The monoisotopic (exact) mass is 376 g/mol. The van der Waals surface area contributed by atoms with Gasteiger partial charge in [-0.3, -0.25) is 9.59 Å². The molecule has 3 rings (SSSR count). The van der Waals surface area contributed by atoms with E-state index >= 15 is 0 Å². The van der Waals surface area contributed by atoms with Crippen molar-refractivity contribution in [1.29, 1.82) is 0 Å². The van der Waals surface area contributed by atoms with Crippen LogP contribution in [0.25, 0.3) is 10.9 Å². The molecule has 3 aromatic rings. The van der Waals surface area contributed by atoms with E-state index < -0.39 is 5.91 Å². The van der Waals surface area contributed by atoms with E-state index in [9.17, 15) is 9.59 Å². The Morgan fingerprint density at radius 1 is 1.07 bits per heavy atom. The summed E-state index contributed by atoms with van der Waals surface area (Å²) in [5.41, 5.74) is 5.99. The lowest BCUT2D eigenvalue weighted by molar-refractivity contribution is -0.120. The second-order valence-electron chi connectivity index (χ2n) is 7.59. The summed E-state index contributed by atoms with van der Waals surface area (Å²) in [5, 5.41) is 7.58. The molecule has 3 N–H and O–H groups in total. The molecule has 28 heavy (non-hydrogen) atoms. The number of carbonyl (C=O) groups excluding carboxylic acids is 2. The predicted molar refractivity (Wildman–Crippen MR) is 112 cm³/mol. The number of aromatic nitrogens is 1. The lowest BCUT2D eigenvalue weighted by Gasteiger charge is -2.19. The molecule has 0 saturated carbocycles. The summed E-state index contributed by atoms with van der Waals surface area (Å²) in [7, 11) is 0. The van der Waals surface area contributed by atoms with E-state index in [0.29, 0.717) is 5.56 Å². The fourth-order valence-electron chi connectivity index (χ4n) is 2.80. The Morgan fingerprint density at radius 3 is 2.50 bits per heavy atom. The van der Waals surface area contributed by atoms with Gasteiger partial charge in [0.15, 0.2) is 0 Å². The fourth-order valence-corrected chi connectivity index (χ4v) is 2.80. The van der Waals surface area contributed by atoms with Crippen LogP contribution in [-0.4, -0.2) is 29.6 Å². The highest BCUT2D eigenvalue weighted by molar-refractivity contribution is 5.99. The van der Waals surface area contributed by atoms with E-state index in [0.717, 1.165) is 22.0 Å². The maximum atomic E-state index is 12.2. The zero-order chi connectivity index (χ0) is 20.1. The molecule has 1 heterocycles. The standard InChI is InChI=1S/C22H24N4O2/c1-22(2,3)17-10-8-15(9-11-17)21(28)24-14-20(27)26-25-13-16-12-23-19-7-5-4-6-18(16)19/h4-13,23H,14H2,1-3H3,(H,24,28)(H,26,27)/b25-13-.